The molecule has 0 aliphatic carbocycles. The summed E-state index contributed by atoms with van der Waals surface area (Å²) >= 11 is 0. The van der Waals surface area contributed by atoms with Crippen LogP contribution >= 0.6 is 0 Å². The number of nitrogens with one attached hydrogen (secondary N) is 4. The van der Waals surface area contributed by atoms with E-state index in [9.17, 15) is 8.42 Å². The van der Waals surface area contributed by atoms with E-state index in [0.717, 1.165) is 48.6 Å². The van der Waals surface area contributed by atoms with Gasteiger partial charge in [-0.15, -0.1) is 0 Å². The molecule has 1 aromatic heterocycles. The zero-order valence-electron chi connectivity index (χ0n) is 18.4. The summed E-state index contributed by atoms with van der Waals surface area (Å²) < 4.78 is 29.8. The van der Waals surface area contributed by atoms with Crippen molar-refractivity contribution in [2.45, 2.75) is 25.3 Å². The Morgan fingerprint density at radius 2 is 1.88 bits per heavy atom. The van der Waals surface area contributed by atoms with Crippen molar-refractivity contribution in [2.24, 2.45) is 0 Å². The van der Waals surface area contributed by atoms with E-state index in [1.54, 1.807) is 19.4 Å². The number of benzene rings is 2. The van der Waals surface area contributed by atoms with Crippen LogP contribution in [0.25, 0.3) is 0 Å². The Kier molecular flexibility index (Phi) is 7.71. The summed E-state index contributed by atoms with van der Waals surface area (Å²) in [5.74, 6) is 2.28. The second-order valence-corrected chi connectivity index (χ2v) is 8.58. The van der Waals surface area contributed by atoms with E-state index in [1.165, 1.54) is 5.56 Å². The first-order valence-corrected chi connectivity index (χ1v) is 12.0. The van der Waals surface area contributed by atoms with Crippen molar-refractivity contribution in [3.05, 3.63) is 65.9 Å². The Hall–Kier alpha value is -3.21. The largest absolute Gasteiger partial charge is 0.495 e. The summed E-state index contributed by atoms with van der Waals surface area (Å²) in [5, 5.41) is 9.88. The van der Waals surface area contributed by atoms with Crippen LogP contribution in [0.5, 0.6) is 5.75 Å². The van der Waals surface area contributed by atoms with E-state index in [4.69, 9.17) is 4.74 Å². The molecule has 2 aromatic carbocycles. The highest BCUT2D eigenvalue weighted by Gasteiger charge is 2.17. The number of thiol groups is 1. The number of piperidine rings is 1. The number of hydrogen-bond acceptors (Lipinski definition) is 8. The first-order chi connectivity index (χ1) is 16.1. The lowest BCUT2D eigenvalue weighted by atomic mass is 9.90. The zero-order valence-corrected chi connectivity index (χ0v) is 19.3. The van der Waals surface area contributed by atoms with E-state index >= 15 is 0 Å². The smallest absolute Gasteiger partial charge is 0.229 e. The van der Waals surface area contributed by atoms with E-state index in [0.29, 0.717) is 17.7 Å². The lowest BCUT2D eigenvalue weighted by Gasteiger charge is -2.24. The lowest BCUT2D eigenvalue weighted by Crippen LogP contribution is -2.26. The molecule has 0 amide bonds. The number of aromatic nitrogens is 2. The van der Waals surface area contributed by atoms with Crippen molar-refractivity contribution in [3.8, 4) is 5.75 Å². The number of ether oxygens (including phenoxy) is 1. The maximum absolute atomic E-state index is 10.9. The standard InChI is InChI=1S/C23H28N6O3S/c1-32-21-14-17(16-8-11-24-12-9-16)6-7-20(21)28-23-25-13-10-22(29-23)27-19-5-3-2-4-18(19)15-26-33(30)31/h2-7,10,13-14,16,24,33H,8-9,11-12,15H2,1H3,(H,26,30,31)(H2,25,27,28,29). The molecule has 33 heavy (non-hydrogen) atoms. The van der Waals surface area contributed by atoms with Crippen LogP contribution < -0.4 is 25.4 Å². The second-order valence-electron chi connectivity index (χ2n) is 7.75. The Bertz CT molecular complexity index is 1160. The zero-order chi connectivity index (χ0) is 23.0. The van der Waals surface area contributed by atoms with Gasteiger partial charge in [-0.05, 0) is 67.2 Å². The lowest BCUT2D eigenvalue weighted by molar-refractivity contribution is 0.413. The van der Waals surface area contributed by atoms with Gasteiger partial charge in [0.05, 0.1) is 12.8 Å². The van der Waals surface area contributed by atoms with Gasteiger partial charge < -0.3 is 20.7 Å². The molecule has 0 bridgehead atoms. The molecule has 3 aromatic rings. The van der Waals surface area contributed by atoms with Crippen LogP contribution in [0.2, 0.25) is 0 Å². The fraction of sp³-hybridized carbons (Fsp3) is 0.304. The van der Waals surface area contributed by atoms with Gasteiger partial charge >= 0.3 is 0 Å². The van der Waals surface area contributed by atoms with Gasteiger partial charge in [-0.1, -0.05) is 24.3 Å². The highest BCUT2D eigenvalue weighted by molar-refractivity contribution is 7.70. The maximum Gasteiger partial charge on any atom is 0.229 e. The van der Waals surface area contributed by atoms with Gasteiger partial charge in [0.1, 0.15) is 11.6 Å². The number of rotatable bonds is 9. The molecule has 1 aliphatic rings. The molecule has 1 saturated heterocycles. The van der Waals surface area contributed by atoms with Crippen molar-refractivity contribution in [3.63, 3.8) is 0 Å². The van der Waals surface area contributed by atoms with Crippen molar-refractivity contribution >= 4 is 34.0 Å². The minimum absolute atomic E-state index is 0.193. The van der Waals surface area contributed by atoms with E-state index in [2.05, 4.69) is 42.8 Å². The molecule has 2 heterocycles. The normalized spacial score (nSPS) is 14.2. The van der Waals surface area contributed by atoms with Crippen molar-refractivity contribution < 1.29 is 13.2 Å². The highest BCUT2D eigenvalue weighted by atomic mass is 32.2. The molecule has 9 nitrogen and oxygen atoms in total. The molecule has 0 spiro atoms. The minimum atomic E-state index is -2.67. The Balaban J connectivity index is 1.50. The number of nitrogens with zero attached hydrogens (tertiary/aromatic N) is 2. The van der Waals surface area contributed by atoms with Gasteiger partial charge in [-0.3, -0.25) is 0 Å². The van der Waals surface area contributed by atoms with E-state index in [-0.39, 0.29) is 6.54 Å². The first-order valence-electron chi connectivity index (χ1n) is 10.8. The van der Waals surface area contributed by atoms with Crippen LogP contribution in [0.1, 0.15) is 29.9 Å². The van der Waals surface area contributed by atoms with Gasteiger partial charge in [0.2, 0.25) is 16.8 Å². The third kappa shape index (κ3) is 6.19. The van der Waals surface area contributed by atoms with Crippen LogP contribution in [-0.2, 0) is 17.4 Å². The van der Waals surface area contributed by atoms with Crippen LogP contribution in [0.15, 0.2) is 54.7 Å². The number of hydrogen-bond donors (Lipinski definition) is 5. The fourth-order valence-electron chi connectivity index (χ4n) is 3.91. The molecule has 4 rings (SSSR count). The van der Waals surface area contributed by atoms with Gasteiger partial charge in [-0.25, -0.2) is 18.1 Å². The molecular weight excluding hydrogens is 440 g/mol. The topological polar surface area (TPSA) is 117 Å². The van der Waals surface area contributed by atoms with Crippen molar-refractivity contribution in [2.75, 3.05) is 30.8 Å². The molecular formula is C23H28N6O3S. The molecule has 10 heteroatoms. The van der Waals surface area contributed by atoms with E-state index in [1.807, 2.05) is 30.3 Å². The first kappa shape index (κ1) is 23.0. The summed E-state index contributed by atoms with van der Waals surface area (Å²) in [6, 6.07) is 15.4. The fourth-order valence-corrected chi connectivity index (χ4v) is 4.21. The second kappa shape index (κ2) is 11.1. The molecule has 0 unspecified atom stereocenters. The van der Waals surface area contributed by atoms with Crippen molar-refractivity contribution in [1.82, 2.24) is 20.0 Å². The average Bonchev–Trinajstić information content (AvgIpc) is 2.84. The molecule has 4 N–H and O–H groups in total. The van der Waals surface area contributed by atoms with Gasteiger partial charge in [0.25, 0.3) is 0 Å². The van der Waals surface area contributed by atoms with Crippen LogP contribution in [0.4, 0.5) is 23.1 Å². The summed E-state index contributed by atoms with van der Waals surface area (Å²) in [6.07, 6.45) is 3.90. The third-order valence-corrected chi connectivity index (χ3v) is 6.03. The Labute approximate surface area is 195 Å². The molecule has 174 valence electrons. The Morgan fingerprint density at radius 1 is 1.06 bits per heavy atom. The molecule has 0 atom stereocenters. The highest BCUT2D eigenvalue weighted by Crippen LogP contribution is 2.33. The molecule has 1 aliphatic heterocycles. The van der Waals surface area contributed by atoms with Gasteiger partial charge in [0.15, 0.2) is 0 Å². The molecule has 0 saturated carbocycles. The summed E-state index contributed by atoms with van der Waals surface area (Å²) in [7, 11) is -1.01. The van der Waals surface area contributed by atoms with Crippen molar-refractivity contribution in [1.29, 1.82) is 0 Å². The monoisotopic (exact) mass is 468 g/mol. The quantitative estimate of drug-likeness (QED) is 0.304. The van der Waals surface area contributed by atoms with Gasteiger partial charge in [0, 0.05) is 18.4 Å². The van der Waals surface area contributed by atoms with Crippen LogP contribution in [0.3, 0.4) is 0 Å². The Morgan fingerprint density at radius 3 is 2.67 bits per heavy atom. The average molecular weight is 469 g/mol. The summed E-state index contributed by atoms with van der Waals surface area (Å²) in [6.45, 7) is 2.27. The summed E-state index contributed by atoms with van der Waals surface area (Å²) in [4.78, 5) is 8.88. The number of anilines is 4. The SMILES string of the molecule is COc1cc(C2CCNCC2)ccc1Nc1nccc(Nc2ccccc2CN[SH](=O)=O)n1. The molecule has 0 radical (unpaired) electrons. The summed E-state index contributed by atoms with van der Waals surface area (Å²) in [5.41, 5.74) is 3.63. The predicted octanol–water partition coefficient (Wildman–Crippen LogP) is 3.06. The molecule has 1 fully saturated rings. The van der Waals surface area contributed by atoms with E-state index < -0.39 is 10.9 Å². The van der Waals surface area contributed by atoms with Crippen LogP contribution in [-0.4, -0.2) is 38.6 Å². The maximum atomic E-state index is 10.9. The minimum Gasteiger partial charge on any atom is -0.495 e. The van der Waals surface area contributed by atoms with Crippen LogP contribution in [0, 0.1) is 0 Å². The van der Waals surface area contributed by atoms with Gasteiger partial charge in [-0.2, -0.15) is 4.98 Å². The predicted molar refractivity (Wildman–Crippen MR) is 130 cm³/mol. The number of methoxy groups -OCH3 is 1. The third-order valence-electron chi connectivity index (χ3n) is 5.62. The number of para-hydroxylation sites is 1.